The summed E-state index contributed by atoms with van der Waals surface area (Å²) in [5.74, 6) is -4.65. The largest absolute Gasteiger partial charge is 0.509 e. The number of carbonyl (C=O) groups is 6. The lowest BCUT2D eigenvalue weighted by Crippen LogP contribution is -2.65. The number of hydrogen-bond donors (Lipinski definition) is 0. The molecule has 0 spiro atoms. The number of rotatable bonds is 15. The van der Waals surface area contributed by atoms with Gasteiger partial charge < -0.3 is 52.1 Å². The first-order valence-corrected chi connectivity index (χ1v) is 16.5. The van der Waals surface area contributed by atoms with Crippen LogP contribution in [0.4, 0.5) is 4.79 Å². The Hall–Kier alpha value is -5.01. The quantitative estimate of drug-likeness (QED) is 0.0818. The Labute approximate surface area is 303 Å². The van der Waals surface area contributed by atoms with Gasteiger partial charge in [-0.1, -0.05) is 35.4 Å². The van der Waals surface area contributed by atoms with Crippen molar-refractivity contribution in [1.29, 1.82) is 0 Å². The van der Waals surface area contributed by atoms with E-state index in [9.17, 15) is 34.3 Å². The van der Waals surface area contributed by atoms with Crippen molar-refractivity contribution in [2.24, 2.45) is 11.0 Å². The van der Waals surface area contributed by atoms with Crippen molar-refractivity contribution in [2.75, 3.05) is 13.2 Å². The smallest absolute Gasteiger partial charge is 0.463 e. The van der Waals surface area contributed by atoms with Crippen LogP contribution in [-0.4, -0.2) is 117 Å². The van der Waals surface area contributed by atoms with Crippen molar-refractivity contribution in [3.8, 4) is 0 Å². The van der Waals surface area contributed by atoms with Crippen LogP contribution in [0.5, 0.6) is 0 Å². The number of benzene rings is 1. The predicted octanol–water partition coefficient (Wildman–Crippen LogP) is 2.18. The average molecular weight is 752 g/mol. The van der Waals surface area contributed by atoms with Gasteiger partial charge in [0.1, 0.15) is 44.2 Å². The van der Waals surface area contributed by atoms with Gasteiger partial charge in [-0.2, -0.15) is 0 Å². The highest BCUT2D eigenvalue weighted by molar-refractivity contribution is 5.72. The van der Waals surface area contributed by atoms with Crippen LogP contribution in [0, 0.1) is 5.92 Å². The minimum atomic E-state index is -1.70. The zero-order valence-electron chi connectivity index (χ0n) is 29.7. The third-order valence-corrected chi connectivity index (χ3v) is 8.30. The zero-order valence-corrected chi connectivity index (χ0v) is 29.7. The van der Waals surface area contributed by atoms with Gasteiger partial charge in [0.2, 0.25) is 0 Å². The lowest BCUT2D eigenvalue weighted by molar-refractivity contribution is -0.339. The summed E-state index contributed by atoms with van der Waals surface area (Å²) < 4.78 is 61.9. The first kappa shape index (κ1) is 40.8. The number of fused-ring (bicyclic) bond motifs is 1. The van der Waals surface area contributed by atoms with E-state index in [-0.39, 0.29) is 6.61 Å². The van der Waals surface area contributed by atoms with Gasteiger partial charge in [0.05, 0.1) is 12.0 Å². The summed E-state index contributed by atoms with van der Waals surface area (Å²) in [6, 6.07) is 7.43. The zero-order chi connectivity index (χ0) is 38.8. The van der Waals surface area contributed by atoms with Crippen molar-refractivity contribution in [2.45, 2.75) is 116 Å². The van der Waals surface area contributed by atoms with Crippen LogP contribution in [0.1, 0.15) is 47.1 Å². The molecule has 20 heteroatoms. The summed E-state index contributed by atoms with van der Waals surface area (Å²) in [4.78, 5) is 76.4. The van der Waals surface area contributed by atoms with Crippen LogP contribution < -0.4 is 0 Å². The molecule has 3 fully saturated rings. The normalized spacial score (nSPS) is 30.1. The maximum Gasteiger partial charge on any atom is 0.509 e. The minimum absolute atomic E-state index is 0.00596. The van der Waals surface area contributed by atoms with Crippen molar-refractivity contribution in [1.82, 2.24) is 0 Å². The molecule has 0 aliphatic carbocycles. The minimum Gasteiger partial charge on any atom is -0.463 e. The van der Waals surface area contributed by atoms with Crippen LogP contribution in [0.25, 0.3) is 10.4 Å². The molecule has 3 aliphatic heterocycles. The van der Waals surface area contributed by atoms with Crippen LogP contribution >= 0.6 is 0 Å². The Bertz CT molecular complexity index is 1540. The Morgan fingerprint density at radius 1 is 0.774 bits per heavy atom. The summed E-state index contributed by atoms with van der Waals surface area (Å²) in [6.07, 6.45) is -15.1. The second kappa shape index (κ2) is 18.7. The first-order chi connectivity index (χ1) is 25.2. The molecule has 3 aliphatic rings. The Balaban J connectivity index is 1.68. The van der Waals surface area contributed by atoms with Crippen molar-refractivity contribution in [3.05, 3.63) is 46.3 Å². The van der Waals surface area contributed by atoms with Crippen LogP contribution in [0.2, 0.25) is 0 Å². The molecule has 1 aromatic rings. The van der Waals surface area contributed by atoms with E-state index < -0.39 is 123 Å². The molecule has 20 nitrogen and oxygen atoms in total. The number of hydrogen-bond acceptors (Lipinski definition) is 18. The van der Waals surface area contributed by atoms with Crippen molar-refractivity contribution < 1.29 is 80.9 Å². The van der Waals surface area contributed by atoms with E-state index in [4.69, 9.17) is 52.1 Å². The van der Waals surface area contributed by atoms with E-state index >= 15 is 0 Å². The Morgan fingerprint density at radius 3 is 1.96 bits per heavy atom. The molecule has 0 bridgehead atoms. The van der Waals surface area contributed by atoms with Crippen LogP contribution in [0.15, 0.2) is 35.4 Å². The molecular weight excluding hydrogens is 710 g/mol. The maximum atomic E-state index is 13.0. The van der Waals surface area contributed by atoms with Gasteiger partial charge >= 0.3 is 36.0 Å². The molecule has 53 heavy (non-hydrogen) atoms. The molecule has 0 aromatic heterocycles. The SMILES string of the molecule is CC(=O)OCC1O[C@H](O[C@H](C)[C@H](C)C(=O)OCc2ccccc2)C(N=[N+]=[N-])[C@@H](O[C@@H]2OC(COC(C)=O)C3OC(=O)O[C@@H]3C2OC(C)=O)C1OC(C)=O. The molecule has 0 saturated carbocycles. The van der Waals surface area contributed by atoms with E-state index in [1.165, 1.54) is 6.92 Å². The monoisotopic (exact) mass is 751 g/mol. The number of ether oxygens (including phenoxy) is 11. The summed E-state index contributed by atoms with van der Waals surface area (Å²) in [6.45, 7) is 6.49. The summed E-state index contributed by atoms with van der Waals surface area (Å²) in [5.41, 5.74) is 10.4. The summed E-state index contributed by atoms with van der Waals surface area (Å²) in [7, 11) is 0. The standard InChI is InChI=1S/C33H41N3O17/c1-15(30(41)45-12-21-10-8-7-9-11-21)16(2)46-31-24(35-36-34)27(25(47-19(5)39)22(49-31)13-43-17(3)37)51-32-29(48-20(6)40)28-26(52-33(42)53-28)23(50-32)14-44-18(4)38/h7-11,15-16,22-29,31-32H,12-14H2,1-6H3/t15-,16+,22?,23?,24?,25?,26?,27+,28-,29?,31-,32-/m0/s1. The molecule has 290 valence electrons. The Kier molecular flexibility index (Phi) is 14.3. The molecule has 12 atom stereocenters. The maximum absolute atomic E-state index is 13.0. The van der Waals surface area contributed by atoms with Gasteiger partial charge in [-0.3, -0.25) is 24.0 Å². The van der Waals surface area contributed by atoms with Gasteiger partial charge in [-0.05, 0) is 24.9 Å². The second-order valence-corrected chi connectivity index (χ2v) is 12.3. The first-order valence-electron chi connectivity index (χ1n) is 16.5. The summed E-state index contributed by atoms with van der Waals surface area (Å²) >= 11 is 0. The van der Waals surface area contributed by atoms with Gasteiger partial charge in [0, 0.05) is 32.6 Å². The molecule has 0 radical (unpaired) electrons. The molecule has 3 saturated heterocycles. The molecule has 1 aromatic carbocycles. The van der Waals surface area contributed by atoms with Gasteiger partial charge in [0.15, 0.2) is 37.0 Å². The second-order valence-electron chi connectivity index (χ2n) is 12.3. The van der Waals surface area contributed by atoms with Crippen LogP contribution in [0.3, 0.4) is 0 Å². The van der Waals surface area contributed by atoms with Gasteiger partial charge in [0.25, 0.3) is 0 Å². The van der Waals surface area contributed by atoms with E-state index in [0.29, 0.717) is 0 Å². The number of esters is 5. The van der Waals surface area contributed by atoms with E-state index in [0.717, 1.165) is 33.3 Å². The lowest BCUT2D eigenvalue weighted by Gasteiger charge is -2.47. The highest BCUT2D eigenvalue weighted by atomic mass is 16.8. The van der Waals surface area contributed by atoms with E-state index in [1.54, 1.807) is 31.2 Å². The Morgan fingerprint density at radius 2 is 1.36 bits per heavy atom. The van der Waals surface area contributed by atoms with E-state index in [2.05, 4.69) is 10.0 Å². The molecule has 6 unspecified atom stereocenters. The van der Waals surface area contributed by atoms with Gasteiger partial charge in [-0.15, -0.1) is 0 Å². The topological polar surface area (TPSA) is 253 Å². The van der Waals surface area contributed by atoms with Crippen molar-refractivity contribution >= 4 is 36.0 Å². The lowest BCUT2D eigenvalue weighted by atomic mass is 9.95. The fourth-order valence-corrected chi connectivity index (χ4v) is 5.71. The predicted molar refractivity (Wildman–Crippen MR) is 171 cm³/mol. The highest BCUT2D eigenvalue weighted by Gasteiger charge is 2.59. The van der Waals surface area contributed by atoms with Crippen LogP contribution in [-0.2, 0) is 82.7 Å². The molecule has 4 rings (SSSR count). The van der Waals surface area contributed by atoms with Crippen molar-refractivity contribution in [3.63, 3.8) is 0 Å². The fraction of sp³-hybridized carbons (Fsp3) is 0.636. The highest BCUT2D eigenvalue weighted by Crippen LogP contribution is 2.38. The molecule has 3 heterocycles. The fourth-order valence-electron chi connectivity index (χ4n) is 5.71. The van der Waals surface area contributed by atoms with Gasteiger partial charge in [-0.25, -0.2) is 4.79 Å². The molecule has 0 N–H and O–H groups in total. The number of nitrogens with zero attached hydrogens (tertiary/aromatic N) is 3. The third-order valence-electron chi connectivity index (χ3n) is 8.30. The summed E-state index contributed by atoms with van der Waals surface area (Å²) in [5, 5.41) is 3.82. The molecule has 0 amide bonds. The average Bonchev–Trinajstić information content (AvgIpc) is 3.50. The number of carbonyl (C=O) groups excluding carboxylic acids is 6. The number of azide groups is 1. The third kappa shape index (κ3) is 11.0. The molecular formula is C33H41N3O17. The van der Waals surface area contributed by atoms with E-state index in [1.807, 2.05) is 6.07 Å².